The molecule has 102 valence electrons. The van der Waals surface area contributed by atoms with Crippen LogP contribution >= 0.6 is 0 Å². The second kappa shape index (κ2) is 4.42. The van der Waals surface area contributed by atoms with Crippen LogP contribution in [0.4, 0.5) is 9.18 Å². The summed E-state index contributed by atoms with van der Waals surface area (Å²) in [5, 5.41) is 11.6. The van der Waals surface area contributed by atoms with Crippen molar-refractivity contribution >= 4 is 12.0 Å². The molecule has 1 aliphatic heterocycles. The van der Waals surface area contributed by atoms with Gasteiger partial charge in [-0.25, -0.2) is 14.0 Å². The summed E-state index contributed by atoms with van der Waals surface area (Å²) in [5.41, 5.74) is 3.31. The van der Waals surface area contributed by atoms with Crippen LogP contribution in [0, 0.1) is 5.82 Å². The molecule has 0 bridgehead atoms. The third-order valence-corrected chi connectivity index (χ3v) is 3.02. The van der Waals surface area contributed by atoms with Crippen LogP contribution in [0.5, 0.6) is 5.75 Å². The van der Waals surface area contributed by atoms with Gasteiger partial charge in [0, 0.05) is 12.0 Å². The number of carbonyl (C=O) groups excluding carboxylic acids is 1. The van der Waals surface area contributed by atoms with Crippen molar-refractivity contribution in [3.8, 4) is 5.75 Å². The topological polar surface area (TPSA) is 102 Å². The number of benzene rings is 1. The Morgan fingerprint density at radius 3 is 2.84 bits per heavy atom. The van der Waals surface area contributed by atoms with Gasteiger partial charge in [0.05, 0.1) is 6.10 Å². The largest absolute Gasteiger partial charge is 0.490 e. The van der Waals surface area contributed by atoms with Gasteiger partial charge < -0.3 is 20.9 Å². The number of amides is 2. The van der Waals surface area contributed by atoms with Gasteiger partial charge in [0.2, 0.25) is 0 Å². The SMILES string of the molecule is C[C@@H]1C[C@@](NC(N)=O)(C(=O)O)c2cc(F)ccc2O1. The van der Waals surface area contributed by atoms with E-state index in [2.05, 4.69) is 5.32 Å². The van der Waals surface area contributed by atoms with E-state index >= 15 is 0 Å². The molecule has 7 heteroatoms. The van der Waals surface area contributed by atoms with E-state index in [-0.39, 0.29) is 17.7 Å². The fourth-order valence-electron chi connectivity index (χ4n) is 2.32. The maximum absolute atomic E-state index is 13.3. The monoisotopic (exact) mass is 268 g/mol. The number of primary amides is 1. The number of carboxylic acids is 1. The lowest BCUT2D eigenvalue weighted by atomic mass is 9.82. The highest BCUT2D eigenvalue weighted by atomic mass is 19.1. The van der Waals surface area contributed by atoms with E-state index in [0.717, 1.165) is 12.1 Å². The molecule has 6 nitrogen and oxygen atoms in total. The quantitative estimate of drug-likeness (QED) is 0.743. The molecule has 0 radical (unpaired) electrons. The van der Waals surface area contributed by atoms with Gasteiger partial charge in [0.15, 0.2) is 5.54 Å². The minimum atomic E-state index is -1.78. The molecule has 0 saturated heterocycles. The third-order valence-electron chi connectivity index (χ3n) is 3.02. The number of hydrogen-bond donors (Lipinski definition) is 3. The van der Waals surface area contributed by atoms with Crippen molar-refractivity contribution in [1.29, 1.82) is 0 Å². The zero-order valence-electron chi connectivity index (χ0n) is 10.1. The summed E-state index contributed by atoms with van der Waals surface area (Å²) in [4.78, 5) is 22.7. The Morgan fingerprint density at radius 2 is 2.26 bits per heavy atom. The first-order chi connectivity index (χ1) is 8.85. The Bertz CT molecular complexity index is 549. The second-order valence-electron chi connectivity index (χ2n) is 4.47. The first-order valence-electron chi connectivity index (χ1n) is 5.63. The maximum atomic E-state index is 13.3. The number of nitrogens with one attached hydrogen (secondary N) is 1. The molecule has 4 N–H and O–H groups in total. The fourth-order valence-corrected chi connectivity index (χ4v) is 2.32. The zero-order chi connectivity index (χ0) is 14.2. The van der Waals surface area contributed by atoms with Gasteiger partial charge in [-0.05, 0) is 25.1 Å². The van der Waals surface area contributed by atoms with E-state index in [1.807, 2.05) is 0 Å². The van der Waals surface area contributed by atoms with E-state index in [1.54, 1.807) is 6.92 Å². The number of carbonyl (C=O) groups is 2. The zero-order valence-corrected chi connectivity index (χ0v) is 10.1. The van der Waals surface area contributed by atoms with Crippen LogP contribution < -0.4 is 15.8 Å². The van der Waals surface area contributed by atoms with Crippen molar-refractivity contribution in [3.05, 3.63) is 29.6 Å². The molecule has 0 spiro atoms. The maximum Gasteiger partial charge on any atom is 0.334 e. The third kappa shape index (κ3) is 2.18. The van der Waals surface area contributed by atoms with Crippen LogP contribution in [0.25, 0.3) is 0 Å². The van der Waals surface area contributed by atoms with Crippen LogP contribution in [0.3, 0.4) is 0 Å². The van der Waals surface area contributed by atoms with E-state index in [9.17, 15) is 19.1 Å². The number of fused-ring (bicyclic) bond motifs is 1. The standard InChI is InChI=1S/C12H13FN2O4/c1-6-5-12(10(16)17,15-11(14)18)8-4-7(13)2-3-9(8)19-6/h2-4,6H,5H2,1H3,(H,16,17)(H3,14,15,18)/t6-,12+/m1/s1. The Hall–Kier alpha value is -2.31. The number of hydrogen-bond acceptors (Lipinski definition) is 3. The van der Waals surface area contributed by atoms with Crippen LogP contribution in [0.1, 0.15) is 18.9 Å². The smallest absolute Gasteiger partial charge is 0.334 e. The highest BCUT2D eigenvalue weighted by Gasteiger charge is 2.48. The number of carboxylic acid groups (broad SMARTS) is 1. The molecule has 0 aliphatic carbocycles. The lowest BCUT2D eigenvalue weighted by molar-refractivity contribution is -0.147. The van der Waals surface area contributed by atoms with Crippen LogP contribution in [0.2, 0.25) is 0 Å². The summed E-state index contributed by atoms with van der Waals surface area (Å²) in [6.45, 7) is 1.66. The van der Waals surface area contributed by atoms with Crippen LogP contribution in [-0.2, 0) is 10.3 Å². The summed E-state index contributed by atoms with van der Waals surface area (Å²) in [7, 11) is 0. The molecule has 0 aromatic heterocycles. The van der Waals surface area contributed by atoms with E-state index in [1.165, 1.54) is 6.07 Å². The minimum Gasteiger partial charge on any atom is -0.490 e. The van der Waals surface area contributed by atoms with Crippen molar-refractivity contribution in [1.82, 2.24) is 5.32 Å². The molecule has 2 rings (SSSR count). The summed E-state index contributed by atoms with van der Waals surface area (Å²) < 4.78 is 18.8. The lowest BCUT2D eigenvalue weighted by Crippen LogP contribution is -2.57. The first-order valence-corrected chi connectivity index (χ1v) is 5.63. The molecular weight excluding hydrogens is 255 g/mol. The Morgan fingerprint density at radius 1 is 1.58 bits per heavy atom. The predicted octanol–water partition coefficient (Wildman–Crippen LogP) is 0.945. The molecule has 0 saturated carbocycles. The summed E-state index contributed by atoms with van der Waals surface area (Å²) in [5.74, 6) is -1.71. The Kier molecular flexibility index (Phi) is 3.05. The Labute approximate surface area is 108 Å². The highest BCUT2D eigenvalue weighted by Crippen LogP contribution is 2.40. The number of aliphatic carboxylic acids is 1. The van der Waals surface area contributed by atoms with Crippen LogP contribution in [-0.4, -0.2) is 23.2 Å². The number of halogens is 1. The van der Waals surface area contributed by atoms with E-state index in [0.29, 0.717) is 0 Å². The van der Waals surface area contributed by atoms with Crippen molar-refractivity contribution in [2.24, 2.45) is 5.73 Å². The number of rotatable bonds is 2. The average molecular weight is 268 g/mol. The molecule has 1 aliphatic rings. The molecule has 0 unspecified atom stereocenters. The molecule has 1 aromatic rings. The van der Waals surface area contributed by atoms with Crippen molar-refractivity contribution in [2.45, 2.75) is 25.0 Å². The second-order valence-corrected chi connectivity index (χ2v) is 4.47. The molecule has 19 heavy (non-hydrogen) atoms. The molecule has 0 fully saturated rings. The average Bonchev–Trinajstić information content (AvgIpc) is 2.28. The predicted molar refractivity (Wildman–Crippen MR) is 63.1 cm³/mol. The van der Waals surface area contributed by atoms with Crippen LogP contribution in [0.15, 0.2) is 18.2 Å². The normalized spacial score (nSPS) is 25.1. The van der Waals surface area contributed by atoms with Gasteiger partial charge in [0.25, 0.3) is 0 Å². The van der Waals surface area contributed by atoms with Gasteiger partial charge in [-0.15, -0.1) is 0 Å². The fraction of sp³-hybridized carbons (Fsp3) is 0.333. The molecule has 2 atom stereocenters. The number of nitrogens with two attached hydrogens (primary N) is 1. The van der Waals surface area contributed by atoms with Gasteiger partial charge in [-0.2, -0.15) is 0 Å². The van der Waals surface area contributed by atoms with Crippen molar-refractivity contribution < 1.29 is 23.8 Å². The molecular formula is C12H13FN2O4. The Balaban J connectivity index is 2.63. The summed E-state index contributed by atoms with van der Waals surface area (Å²) in [6.07, 6.45) is -0.497. The van der Waals surface area contributed by atoms with Gasteiger partial charge >= 0.3 is 12.0 Å². The van der Waals surface area contributed by atoms with Crippen molar-refractivity contribution in [3.63, 3.8) is 0 Å². The molecule has 1 aromatic carbocycles. The highest BCUT2D eigenvalue weighted by molar-refractivity contribution is 5.88. The lowest BCUT2D eigenvalue weighted by Gasteiger charge is -2.38. The molecule has 2 amide bonds. The molecule has 1 heterocycles. The van der Waals surface area contributed by atoms with Gasteiger partial charge in [-0.1, -0.05) is 0 Å². The first kappa shape index (κ1) is 13.1. The summed E-state index contributed by atoms with van der Waals surface area (Å²) in [6, 6.07) is 2.53. The minimum absolute atomic E-state index is 0.0400. The number of urea groups is 1. The van der Waals surface area contributed by atoms with Gasteiger partial charge in [-0.3, -0.25) is 0 Å². The van der Waals surface area contributed by atoms with E-state index < -0.39 is 29.5 Å². The van der Waals surface area contributed by atoms with Gasteiger partial charge in [0.1, 0.15) is 11.6 Å². The van der Waals surface area contributed by atoms with Crippen molar-refractivity contribution in [2.75, 3.05) is 0 Å². The summed E-state index contributed by atoms with van der Waals surface area (Å²) >= 11 is 0. The van der Waals surface area contributed by atoms with E-state index in [4.69, 9.17) is 10.5 Å². The number of ether oxygens (including phenoxy) is 1.